The quantitative estimate of drug-likeness (QED) is 0.789. The Kier molecular flexibility index (Phi) is 4.02. The van der Waals surface area contributed by atoms with Crippen LogP contribution in [-0.2, 0) is 6.54 Å². The van der Waals surface area contributed by atoms with Crippen LogP contribution in [0.1, 0.15) is 27.9 Å². The number of carbonyl (C=O) groups excluding carboxylic acids is 1. The van der Waals surface area contributed by atoms with Gasteiger partial charge < -0.3 is 4.74 Å². The van der Waals surface area contributed by atoms with Crippen molar-refractivity contribution in [3.63, 3.8) is 0 Å². The Balaban J connectivity index is 1.81. The van der Waals surface area contributed by atoms with Gasteiger partial charge >= 0.3 is 0 Å². The summed E-state index contributed by atoms with van der Waals surface area (Å²) in [5.74, 6) is 0.747. The summed E-state index contributed by atoms with van der Waals surface area (Å²) in [6.45, 7) is 3.25. The Morgan fingerprint density at radius 3 is 2.48 bits per heavy atom. The number of nitrogens with zero attached hydrogens (tertiary/aromatic N) is 1. The molecule has 3 rings (SSSR count). The number of benzene rings is 2. The van der Waals surface area contributed by atoms with Crippen LogP contribution >= 0.6 is 0 Å². The summed E-state index contributed by atoms with van der Waals surface area (Å²) < 4.78 is 5.18. The van der Waals surface area contributed by atoms with Crippen LogP contribution in [0, 0.1) is 0 Å². The van der Waals surface area contributed by atoms with Crippen molar-refractivity contribution < 1.29 is 9.53 Å². The molecule has 3 nitrogen and oxygen atoms in total. The van der Waals surface area contributed by atoms with Gasteiger partial charge in [-0.05, 0) is 43.3 Å². The molecule has 0 atom stereocenters. The number of ketones is 1. The van der Waals surface area contributed by atoms with Crippen LogP contribution in [0.15, 0.2) is 48.5 Å². The highest BCUT2D eigenvalue weighted by Crippen LogP contribution is 2.18. The number of likely N-dealkylation sites (tertiary alicyclic amines) is 1. The first-order chi connectivity index (χ1) is 10.3. The van der Waals surface area contributed by atoms with Gasteiger partial charge in [-0.25, -0.2) is 0 Å². The lowest BCUT2D eigenvalue weighted by atomic mass is 10.0. The minimum atomic E-state index is 0.0411. The molecule has 0 saturated carbocycles. The average molecular weight is 281 g/mol. The zero-order chi connectivity index (χ0) is 14.7. The molecule has 0 spiro atoms. The Morgan fingerprint density at radius 2 is 1.81 bits per heavy atom. The third kappa shape index (κ3) is 3.14. The summed E-state index contributed by atoms with van der Waals surface area (Å²) in [5.41, 5.74) is 2.60. The van der Waals surface area contributed by atoms with Gasteiger partial charge in [-0.1, -0.05) is 30.3 Å². The van der Waals surface area contributed by atoms with Crippen LogP contribution in [0.2, 0.25) is 0 Å². The van der Waals surface area contributed by atoms with E-state index < -0.39 is 0 Å². The molecule has 0 unspecified atom stereocenters. The van der Waals surface area contributed by atoms with Crippen molar-refractivity contribution in [3.8, 4) is 5.75 Å². The molecule has 21 heavy (non-hydrogen) atoms. The average Bonchev–Trinajstić information content (AvgIpc) is 2.50. The van der Waals surface area contributed by atoms with Gasteiger partial charge in [0.2, 0.25) is 0 Å². The summed E-state index contributed by atoms with van der Waals surface area (Å²) in [5, 5.41) is 0. The van der Waals surface area contributed by atoms with E-state index in [1.54, 1.807) is 13.2 Å². The van der Waals surface area contributed by atoms with Crippen LogP contribution in [0.3, 0.4) is 0 Å². The van der Waals surface area contributed by atoms with Gasteiger partial charge in [-0.15, -0.1) is 0 Å². The predicted octanol–water partition coefficient (Wildman–Crippen LogP) is 3.13. The topological polar surface area (TPSA) is 29.5 Å². The first kappa shape index (κ1) is 13.8. The first-order valence-corrected chi connectivity index (χ1v) is 7.26. The van der Waals surface area contributed by atoms with Gasteiger partial charge in [-0.2, -0.15) is 0 Å². The number of rotatable bonds is 5. The number of methoxy groups -OCH3 is 1. The van der Waals surface area contributed by atoms with Crippen molar-refractivity contribution >= 4 is 5.78 Å². The fourth-order valence-electron chi connectivity index (χ4n) is 2.54. The van der Waals surface area contributed by atoms with E-state index in [1.165, 1.54) is 12.0 Å². The molecule has 2 aromatic rings. The molecule has 3 heteroatoms. The van der Waals surface area contributed by atoms with Crippen LogP contribution in [0.5, 0.6) is 5.75 Å². The molecule has 2 aromatic carbocycles. The zero-order valence-corrected chi connectivity index (χ0v) is 12.2. The Labute approximate surface area is 125 Å². The maximum atomic E-state index is 12.6. The van der Waals surface area contributed by atoms with Crippen molar-refractivity contribution in [2.75, 3.05) is 20.2 Å². The second-order valence-electron chi connectivity index (χ2n) is 5.39. The van der Waals surface area contributed by atoms with E-state index in [1.807, 2.05) is 36.4 Å². The van der Waals surface area contributed by atoms with E-state index in [-0.39, 0.29) is 5.78 Å². The molecule has 1 aliphatic rings. The maximum absolute atomic E-state index is 12.6. The lowest BCUT2D eigenvalue weighted by Crippen LogP contribution is -2.36. The number of ether oxygens (including phenoxy) is 1. The van der Waals surface area contributed by atoms with Crippen molar-refractivity contribution in [1.29, 1.82) is 0 Å². The van der Waals surface area contributed by atoms with E-state index >= 15 is 0 Å². The molecule has 0 radical (unpaired) electrons. The number of carbonyl (C=O) groups is 1. The van der Waals surface area contributed by atoms with Crippen LogP contribution in [0.25, 0.3) is 0 Å². The second kappa shape index (κ2) is 6.10. The van der Waals surface area contributed by atoms with Crippen LogP contribution in [-0.4, -0.2) is 30.9 Å². The summed E-state index contributed by atoms with van der Waals surface area (Å²) in [7, 11) is 1.61. The SMILES string of the molecule is COc1cccc(C(=O)c2cccc(CN3CCC3)c2)c1. The minimum absolute atomic E-state index is 0.0411. The van der Waals surface area contributed by atoms with E-state index in [2.05, 4.69) is 11.0 Å². The van der Waals surface area contributed by atoms with Crippen molar-refractivity contribution in [1.82, 2.24) is 4.90 Å². The first-order valence-electron chi connectivity index (χ1n) is 7.26. The third-order valence-electron chi connectivity index (χ3n) is 3.88. The largest absolute Gasteiger partial charge is 0.497 e. The van der Waals surface area contributed by atoms with Gasteiger partial charge in [-0.3, -0.25) is 9.69 Å². The van der Waals surface area contributed by atoms with Gasteiger partial charge in [0.05, 0.1) is 7.11 Å². The minimum Gasteiger partial charge on any atom is -0.497 e. The highest BCUT2D eigenvalue weighted by Gasteiger charge is 2.15. The van der Waals surface area contributed by atoms with Gasteiger partial charge in [0.25, 0.3) is 0 Å². The van der Waals surface area contributed by atoms with Crippen LogP contribution in [0.4, 0.5) is 0 Å². The summed E-state index contributed by atoms with van der Waals surface area (Å²) in [6, 6.07) is 15.2. The van der Waals surface area contributed by atoms with E-state index in [0.29, 0.717) is 11.3 Å². The molecule has 0 amide bonds. The highest BCUT2D eigenvalue weighted by molar-refractivity contribution is 6.09. The molecule has 108 valence electrons. The van der Waals surface area contributed by atoms with E-state index in [0.717, 1.165) is 25.2 Å². The lowest BCUT2D eigenvalue weighted by Gasteiger charge is -2.30. The van der Waals surface area contributed by atoms with E-state index in [4.69, 9.17) is 4.74 Å². The molecule has 0 bridgehead atoms. The molecule has 0 aromatic heterocycles. The Morgan fingerprint density at radius 1 is 1.10 bits per heavy atom. The summed E-state index contributed by atoms with van der Waals surface area (Å²) in [6.07, 6.45) is 1.28. The third-order valence-corrected chi connectivity index (χ3v) is 3.88. The highest BCUT2D eigenvalue weighted by atomic mass is 16.5. The van der Waals surface area contributed by atoms with Gasteiger partial charge in [0.1, 0.15) is 5.75 Å². The van der Waals surface area contributed by atoms with Crippen molar-refractivity contribution in [2.24, 2.45) is 0 Å². The Bertz CT molecular complexity index is 647. The molecule has 1 fully saturated rings. The second-order valence-corrected chi connectivity index (χ2v) is 5.39. The predicted molar refractivity (Wildman–Crippen MR) is 82.8 cm³/mol. The lowest BCUT2D eigenvalue weighted by molar-refractivity contribution is 0.103. The van der Waals surface area contributed by atoms with E-state index in [9.17, 15) is 4.79 Å². The van der Waals surface area contributed by atoms with Gasteiger partial charge in [0, 0.05) is 17.7 Å². The normalized spacial score (nSPS) is 14.5. The molecular formula is C18H19NO2. The maximum Gasteiger partial charge on any atom is 0.193 e. The molecule has 0 N–H and O–H groups in total. The Hall–Kier alpha value is -2.13. The summed E-state index contributed by atoms with van der Waals surface area (Å²) in [4.78, 5) is 15.0. The number of hydrogen-bond donors (Lipinski definition) is 0. The molecular weight excluding hydrogens is 262 g/mol. The van der Waals surface area contributed by atoms with Gasteiger partial charge in [0.15, 0.2) is 5.78 Å². The summed E-state index contributed by atoms with van der Waals surface area (Å²) >= 11 is 0. The molecule has 0 aliphatic carbocycles. The van der Waals surface area contributed by atoms with Crippen LogP contribution < -0.4 is 4.74 Å². The fraction of sp³-hybridized carbons (Fsp3) is 0.278. The smallest absolute Gasteiger partial charge is 0.193 e. The van der Waals surface area contributed by atoms with Crippen molar-refractivity contribution in [2.45, 2.75) is 13.0 Å². The molecule has 1 aliphatic heterocycles. The monoisotopic (exact) mass is 281 g/mol. The standard InChI is InChI=1S/C18H19NO2/c1-21-17-8-3-7-16(12-17)18(20)15-6-2-5-14(11-15)13-19-9-4-10-19/h2-3,5-8,11-12H,4,9-10,13H2,1H3. The molecule has 1 heterocycles. The fourth-order valence-corrected chi connectivity index (χ4v) is 2.54. The number of hydrogen-bond acceptors (Lipinski definition) is 3. The zero-order valence-electron chi connectivity index (χ0n) is 12.2. The molecule has 1 saturated heterocycles. The van der Waals surface area contributed by atoms with Crippen molar-refractivity contribution in [3.05, 3.63) is 65.2 Å².